The van der Waals surface area contributed by atoms with Crippen LogP contribution in [0.2, 0.25) is 0 Å². The molecule has 66 valence electrons. The summed E-state index contributed by atoms with van der Waals surface area (Å²) in [5.74, 6) is 2.58. The van der Waals surface area contributed by atoms with Gasteiger partial charge >= 0.3 is 0 Å². The molecule has 1 heterocycles. The third-order valence-corrected chi connectivity index (χ3v) is 2.75. The van der Waals surface area contributed by atoms with Gasteiger partial charge in [0, 0.05) is 0 Å². The molecule has 0 radical (unpaired) electrons. The van der Waals surface area contributed by atoms with Crippen molar-refractivity contribution in [3.63, 3.8) is 0 Å². The van der Waals surface area contributed by atoms with Gasteiger partial charge in [-0.2, -0.15) is 0 Å². The summed E-state index contributed by atoms with van der Waals surface area (Å²) in [5, 5.41) is 0. The Morgan fingerprint density at radius 1 is 1.50 bits per heavy atom. The Balaban J connectivity index is 2.08. The van der Waals surface area contributed by atoms with Crippen molar-refractivity contribution in [1.82, 2.24) is 0 Å². The van der Waals surface area contributed by atoms with Gasteiger partial charge in [0.25, 0.3) is 0 Å². The molecule has 1 fully saturated rings. The fourth-order valence-electron chi connectivity index (χ4n) is 1.66. The largest absolute Gasteiger partial charge is 0.465 e. The number of rotatable bonds is 2. The molecule has 1 aromatic rings. The van der Waals surface area contributed by atoms with Crippen LogP contribution in [-0.2, 0) is 0 Å². The molecule has 0 saturated heterocycles. The number of nitrogens with two attached hydrogens (primary N) is 1. The van der Waals surface area contributed by atoms with E-state index in [-0.39, 0.29) is 6.04 Å². The highest BCUT2D eigenvalue weighted by molar-refractivity contribution is 5.10. The number of aryl methyl sites for hydroxylation is 1. The highest BCUT2D eigenvalue weighted by atomic mass is 16.3. The predicted octanol–water partition coefficient (Wildman–Crippen LogP) is 2.39. The monoisotopic (exact) mass is 165 g/mol. The van der Waals surface area contributed by atoms with Gasteiger partial charge in [0.05, 0.1) is 6.04 Å². The quantitative estimate of drug-likeness (QED) is 0.730. The van der Waals surface area contributed by atoms with Gasteiger partial charge in [0.1, 0.15) is 11.5 Å². The summed E-state index contributed by atoms with van der Waals surface area (Å²) in [6, 6.07) is 4.11. The van der Waals surface area contributed by atoms with Crippen molar-refractivity contribution in [1.29, 1.82) is 0 Å². The molecule has 1 aliphatic carbocycles. The van der Waals surface area contributed by atoms with Crippen LogP contribution < -0.4 is 5.73 Å². The molecular formula is C10H15NO. The van der Waals surface area contributed by atoms with Gasteiger partial charge in [-0.25, -0.2) is 0 Å². The first-order valence-electron chi connectivity index (χ1n) is 4.59. The minimum Gasteiger partial charge on any atom is -0.465 e. The Bertz CT molecular complexity index is 263. The van der Waals surface area contributed by atoms with E-state index in [2.05, 4.69) is 0 Å². The Morgan fingerprint density at radius 3 is 2.67 bits per heavy atom. The second kappa shape index (κ2) is 2.94. The normalized spacial score (nSPS) is 20.5. The van der Waals surface area contributed by atoms with Gasteiger partial charge in [0.2, 0.25) is 0 Å². The van der Waals surface area contributed by atoms with Crippen molar-refractivity contribution in [3.05, 3.63) is 23.7 Å². The van der Waals surface area contributed by atoms with Crippen molar-refractivity contribution in [2.75, 3.05) is 0 Å². The Kier molecular flexibility index (Phi) is 1.93. The highest BCUT2D eigenvalue weighted by Crippen LogP contribution is 2.36. The molecule has 2 rings (SSSR count). The molecule has 2 heteroatoms. The number of furan rings is 1. The lowest BCUT2D eigenvalue weighted by Gasteiger charge is -2.29. The third-order valence-electron chi connectivity index (χ3n) is 2.75. The van der Waals surface area contributed by atoms with Crippen LogP contribution in [-0.4, -0.2) is 0 Å². The van der Waals surface area contributed by atoms with E-state index < -0.39 is 0 Å². The van der Waals surface area contributed by atoms with E-state index in [1.807, 2.05) is 19.1 Å². The Morgan fingerprint density at radius 2 is 2.25 bits per heavy atom. The number of hydrogen-bond acceptors (Lipinski definition) is 2. The van der Waals surface area contributed by atoms with Crippen LogP contribution in [0.25, 0.3) is 0 Å². The lowest BCUT2D eigenvalue weighted by atomic mass is 9.79. The fourth-order valence-corrected chi connectivity index (χ4v) is 1.66. The molecule has 0 aromatic carbocycles. The molecule has 12 heavy (non-hydrogen) atoms. The van der Waals surface area contributed by atoms with Crippen LogP contribution in [0, 0.1) is 12.8 Å². The molecular weight excluding hydrogens is 150 g/mol. The average molecular weight is 165 g/mol. The van der Waals surface area contributed by atoms with Crippen molar-refractivity contribution >= 4 is 0 Å². The molecule has 1 atom stereocenters. The Labute approximate surface area is 72.7 Å². The van der Waals surface area contributed by atoms with Crippen LogP contribution in [0.4, 0.5) is 0 Å². The summed E-state index contributed by atoms with van der Waals surface area (Å²) in [5.41, 5.74) is 6.02. The summed E-state index contributed by atoms with van der Waals surface area (Å²) in [7, 11) is 0. The van der Waals surface area contributed by atoms with Gasteiger partial charge in [-0.1, -0.05) is 6.42 Å². The molecule has 2 nitrogen and oxygen atoms in total. The van der Waals surface area contributed by atoms with E-state index in [4.69, 9.17) is 10.2 Å². The van der Waals surface area contributed by atoms with Gasteiger partial charge < -0.3 is 10.2 Å². The summed E-state index contributed by atoms with van der Waals surface area (Å²) in [6.45, 7) is 1.96. The maximum atomic E-state index is 6.02. The molecule has 1 saturated carbocycles. The Hall–Kier alpha value is -0.760. The van der Waals surface area contributed by atoms with Crippen molar-refractivity contribution in [2.24, 2.45) is 11.7 Å². The smallest absolute Gasteiger partial charge is 0.121 e. The zero-order chi connectivity index (χ0) is 8.55. The topological polar surface area (TPSA) is 39.2 Å². The van der Waals surface area contributed by atoms with Gasteiger partial charge in [-0.15, -0.1) is 0 Å². The standard InChI is InChI=1S/C10H15NO/c1-7-5-6-9(12-7)10(11)8-3-2-4-8/h5-6,8,10H,2-4,11H2,1H3/t10-/m0/s1. The van der Waals surface area contributed by atoms with Crippen LogP contribution in [0.15, 0.2) is 16.5 Å². The van der Waals surface area contributed by atoms with Crippen LogP contribution in [0.5, 0.6) is 0 Å². The lowest BCUT2D eigenvalue weighted by molar-refractivity contribution is 0.239. The summed E-state index contributed by atoms with van der Waals surface area (Å²) in [6.07, 6.45) is 3.86. The molecule has 0 amide bonds. The zero-order valence-electron chi connectivity index (χ0n) is 7.42. The van der Waals surface area contributed by atoms with Gasteiger partial charge in [-0.05, 0) is 37.8 Å². The summed E-state index contributed by atoms with van der Waals surface area (Å²) in [4.78, 5) is 0. The number of hydrogen-bond donors (Lipinski definition) is 1. The van der Waals surface area contributed by atoms with Crippen molar-refractivity contribution < 1.29 is 4.42 Å². The third kappa shape index (κ3) is 1.27. The van der Waals surface area contributed by atoms with Gasteiger partial charge in [0.15, 0.2) is 0 Å². The van der Waals surface area contributed by atoms with E-state index in [0.29, 0.717) is 5.92 Å². The van der Waals surface area contributed by atoms with Crippen LogP contribution in [0.3, 0.4) is 0 Å². The highest BCUT2D eigenvalue weighted by Gasteiger charge is 2.27. The predicted molar refractivity (Wildman–Crippen MR) is 47.7 cm³/mol. The van der Waals surface area contributed by atoms with Crippen LogP contribution in [0.1, 0.15) is 36.8 Å². The summed E-state index contributed by atoms with van der Waals surface area (Å²) < 4.78 is 5.48. The molecule has 0 spiro atoms. The molecule has 1 aromatic heterocycles. The lowest BCUT2D eigenvalue weighted by Crippen LogP contribution is -2.26. The molecule has 0 aliphatic heterocycles. The average Bonchev–Trinajstić information content (AvgIpc) is 2.31. The first kappa shape index (κ1) is 7.87. The molecule has 0 unspecified atom stereocenters. The molecule has 1 aliphatic rings. The second-order valence-electron chi connectivity index (χ2n) is 3.67. The summed E-state index contributed by atoms with van der Waals surface area (Å²) >= 11 is 0. The minimum absolute atomic E-state index is 0.132. The van der Waals surface area contributed by atoms with Crippen LogP contribution >= 0.6 is 0 Å². The van der Waals surface area contributed by atoms with Crippen molar-refractivity contribution in [3.8, 4) is 0 Å². The zero-order valence-corrected chi connectivity index (χ0v) is 7.42. The van der Waals surface area contributed by atoms with E-state index in [0.717, 1.165) is 11.5 Å². The first-order valence-corrected chi connectivity index (χ1v) is 4.59. The maximum Gasteiger partial charge on any atom is 0.121 e. The van der Waals surface area contributed by atoms with E-state index in [9.17, 15) is 0 Å². The van der Waals surface area contributed by atoms with Crippen molar-refractivity contribution in [2.45, 2.75) is 32.2 Å². The first-order chi connectivity index (χ1) is 5.77. The fraction of sp³-hybridized carbons (Fsp3) is 0.600. The maximum absolute atomic E-state index is 6.02. The SMILES string of the molecule is Cc1ccc([C@@H](N)C2CCC2)o1. The second-order valence-corrected chi connectivity index (χ2v) is 3.67. The molecule has 2 N–H and O–H groups in total. The van der Waals surface area contributed by atoms with E-state index >= 15 is 0 Å². The van der Waals surface area contributed by atoms with Gasteiger partial charge in [-0.3, -0.25) is 0 Å². The molecule has 0 bridgehead atoms. The minimum atomic E-state index is 0.132. The van der Waals surface area contributed by atoms with E-state index in [1.54, 1.807) is 0 Å². The van der Waals surface area contributed by atoms with E-state index in [1.165, 1.54) is 19.3 Å².